The maximum Gasteiger partial charge on any atom is 0.230 e. The molecule has 0 saturated carbocycles. The zero-order valence-corrected chi connectivity index (χ0v) is 18.2. The monoisotopic (exact) mass is 450 g/mol. The Labute approximate surface area is 189 Å². The largest absolute Gasteiger partial charge is 0.497 e. The van der Waals surface area contributed by atoms with Gasteiger partial charge >= 0.3 is 0 Å². The number of rotatable bonds is 10. The smallest absolute Gasteiger partial charge is 0.230 e. The maximum absolute atomic E-state index is 12.3. The third-order valence-corrected chi connectivity index (χ3v) is 5.44. The number of nitrogens with one attached hydrogen (secondary N) is 1. The number of amides is 1. The van der Waals surface area contributed by atoms with Crippen LogP contribution in [0.1, 0.15) is 11.6 Å². The number of carbonyl (C=O) groups is 1. The predicted molar refractivity (Wildman–Crippen MR) is 120 cm³/mol. The minimum absolute atomic E-state index is 0.120. The van der Waals surface area contributed by atoms with Crippen LogP contribution in [0.4, 0.5) is 0 Å². The first kappa shape index (κ1) is 21.5. The summed E-state index contributed by atoms with van der Waals surface area (Å²) in [5.41, 5.74) is 0.893. The topological polar surface area (TPSA) is 91.4 Å². The molecule has 9 heteroatoms. The predicted octanol–water partition coefficient (Wildman–Crippen LogP) is 3.86. The number of furan rings is 1. The molecule has 0 saturated heterocycles. The van der Waals surface area contributed by atoms with Crippen LogP contribution in [0.3, 0.4) is 0 Å². The molecule has 32 heavy (non-hydrogen) atoms. The van der Waals surface area contributed by atoms with Crippen LogP contribution in [-0.4, -0.2) is 33.5 Å². The Balaban J connectivity index is 1.44. The molecule has 0 bridgehead atoms. The first-order chi connectivity index (χ1) is 15.7. The van der Waals surface area contributed by atoms with Gasteiger partial charge in [0.25, 0.3) is 0 Å². The fourth-order valence-corrected chi connectivity index (χ4v) is 3.72. The van der Waals surface area contributed by atoms with Crippen molar-refractivity contribution in [2.24, 2.45) is 0 Å². The summed E-state index contributed by atoms with van der Waals surface area (Å²) in [4.78, 5) is 12.3. The second kappa shape index (κ2) is 10.5. The van der Waals surface area contributed by atoms with Gasteiger partial charge < -0.3 is 19.2 Å². The summed E-state index contributed by atoms with van der Waals surface area (Å²) in [6.45, 7) is 0.568. The Morgan fingerprint density at radius 1 is 1.03 bits per heavy atom. The van der Waals surface area contributed by atoms with E-state index in [9.17, 15) is 4.79 Å². The fourth-order valence-electron chi connectivity index (χ4n) is 2.92. The molecule has 0 radical (unpaired) electrons. The highest BCUT2D eigenvalue weighted by Crippen LogP contribution is 2.24. The molecule has 164 valence electrons. The molecule has 0 aliphatic carbocycles. The van der Waals surface area contributed by atoms with Gasteiger partial charge in [-0.1, -0.05) is 30.0 Å². The third kappa shape index (κ3) is 5.50. The fraction of sp³-hybridized carbons (Fsp3) is 0.174. The van der Waals surface area contributed by atoms with Gasteiger partial charge in [-0.05, 0) is 48.5 Å². The molecule has 4 aromatic rings. The molecule has 1 N–H and O–H groups in total. The Kier molecular flexibility index (Phi) is 7.08. The SMILES string of the molecule is COc1ccc(OCc2nnc(SCC(=O)NCc3ccco3)n2-c2ccccc2)cc1. The van der Waals surface area contributed by atoms with Crippen LogP contribution < -0.4 is 14.8 Å². The number of ether oxygens (including phenoxy) is 2. The number of hydrogen-bond donors (Lipinski definition) is 1. The van der Waals surface area contributed by atoms with Crippen molar-refractivity contribution in [3.8, 4) is 17.2 Å². The van der Waals surface area contributed by atoms with Crippen molar-refractivity contribution < 1.29 is 18.7 Å². The van der Waals surface area contributed by atoms with Gasteiger partial charge in [0, 0.05) is 5.69 Å². The van der Waals surface area contributed by atoms with Gasteiger partial charge in [-0.25, -0.2) is 0 Å². The summed E-state index contributed by atoms with van der Waals surface area (Å²) < 4.78 is 18.2. The van der Waals surface area contributed by atoms with E-state index in [1.165, 1.54) is 11.8 Å². The van der Waals surface area contributed by atoms with Crippen LogP contribution >= 0.6 is 11.8 Å². The first-order valence-corrected chi connectivity index (χ1v) is 10.9. The molecule has 2 aromatic carbocycles. The van der Waals surface area contributed by atoms with E-state index in [4.69, 9.17) is 13.9 Å². The summed E-state index contributed by atoms with van der Waals surface area (Å²) in [6.07, 6.45) is 1.58. The van der Waals surface area contributed by atoms with Crippen LogP contribution in [-0.2, 0) is 17.9 Å². The molecule has 1 amide bonds. The average Bonchev–Trinajstić information content (AvgIpc) is 3.51. The molecule has 2 aromatic heterocycles. The molecule has 2 heterocycles. The van der Waals surface area contributed by atoms with Crippen molar-refractivity contribution >= 4 is 17.7 Å². The maximum atomic E-state index is 12.3. The number of nitrogens with zero attached hydrogens (tertiary/aromatic N) is 3. The van der Waals surface area contributed by atoms with Crippen molar-refractivity contribution in [2.75, 3.05) is 12.9 Å². The van der Waals surface area contributed by atoms with E-state index >= 15 is 0 Å². The van der Waals surface area contributed by atoms with E-state index in [0.29, 0.717) is 29.0 Å². The normalized spacial score (nSPS) is 10.7. The van der Waals surface area contributed by atoms with Gasteiger partial charge in [-0.3, -0.25) is 9.36 Å². The lowest BCUT2D eigenvalue weighted by Crippen LogP contribution is -2.24. The molecule has 0 aliphatic rings. The Morgan fingerprint density at radius 3 is 2.53 bits per heavy atom. The Hall–Kier alpha value is -3.72. The molecule has 0 spiro atoms. The highest BCUT2D eigenvalue weighted by Gasteiger charge is 2.16. The zero-order chi connectivity index (χ0) is 22.2. The van der Waals surface area contributed by atoms with Crippen molar-refractivity contribution in [1.29, 1.82) is 0 Å². The minimum atomic E-state index is -0.120. The molecule has 8 nitrogen and oxygen atoms in total. The van der Waals surface area contributed by atoms with E-state index in [-0.39, 0.29) is 18.3 Å². The summed E-state index contributed by atoms with van der Waals surface area (Å²) in [5, 5.41) is 12.0. The van der Waals surface area contributed by atoms with Gasteiger partial charge in [-0.2, -0.15) is 0 Å². The molecule has 0 aliphatic heterocycles. The second-order valence-corrected chi connectivity index (χ2v) is 7.62. The third-order valence-electron chi connectivity index (χ3n) is 4.51. The molecule has 4 rings (SSSR count). The molecule has 0 fully saturated rings. The van der Waals surface area contributed by atoms with Crippen LogP contribution in [0.25, 0.3) is 5.69 Å². The highest BCUT2D eigenvalue weighted by atomic mass is 32.2. The number of benzene rings is 2. The zero-order valence-electron chi connectivity index (χ0n) is 17.4. The van der Waals surface area contributed by atoms with E-state index in [0.717, 1.165) is 11.4 Å². The lowest BCUT2D eigenvalue weighted by Gasteiger charge is -2.11. The minimum Gasteiger partial charge on any atom is -0.497 e. The number of hydrogen-bond acceptors (Lipinski definition) is 7. The van der Waals surface area contributed by atoms with Crippen molar-refractivity contribution in [3.63, 3.8) is 0 Å². The van der Waals surface area contributed by atoms with E-state index in [1.807, 2.05) is 65.2 Å². The number of methoxy groups -OCH3 is 1. The lowest BCUT2D eigenvalue weighted by atomic mass is 10.3. The summed E-state index contributed by atoms with van der Waals surface area (Å²) in [6, 6.07) is 20.7. The van der Waals surface area contributed by atoms with Gasteiger partial charge in [0.2, 0.25) is 5.91 Å². The Bertz CT molecular complexity index is 1130. The quantitative estimate of drug-likeness (QED) is 0.367. The number of aromatic nitrogens is 3. The van der Waals surface area contributed by atoms with Crippen LogP contribution in [0.2, 0.25) is 0 Å². The number of carbonyl (C=O) groups excluding carboxylic acids is 1. The van der Waals surface area contributed by atoms with E-state index < -0.39 is 0 Å². The van der Waals surface area contributed by atoms with Crippen LogP contribution in [0, 0.1) is 0 Å². The van der Waals surface area contributed by atoms with Crippen molar-refractivity contribution in [1.82, 2.24) is 20.1 Å². The second-order valence-electron chi connectivity index (χ2n) is 6.68. The van der Waals surface area contributed by atoms with Crippen LogP contribution in [0.5, 0.6) is 11.5 Å². The first-order valence-electron chi connectivity index (χ1n) is 9.91. The van der Waals surface area contributed by atoms with Crippen molar-refractivity contribution in [2.45, 2.75) is 18.3 Å². The van der Waals surface area contributed by atoms with Crippen LogP contribution in [0.15, 0.2) is 82.6 Å². The Morgan fingerprint density at radius 2 is 1.81 bits per heavy atom. The molecule has 0 unspecified atom stereocenters. The van der Waals surface area contributed by atoms with Gasteiger partial charge in [0.05, 0.1) is 25.7 Å². The number of para-hydroxylation sites is 1. The molecule has 0 atom stereocenters. The van der Waals surface area contributed by atoms with E-state index in [2.05, 4.69) is 15.5 Å². The van der Waals surface area contributed by atoms with Crippen molar-refractivity contribution in [3.05, 3.63) is 84.6 Å². The van der Waals surface area contributed by atoms with Gasteiger partial charge in [0.15, 0.2) is 11.0 Å². The standard InChI is InChI=1S/C23H22N4O4S/c1-29-18-9-11-19(12-10-18)31-15-21-25-26-23(27(21)17-6-3-2-4-7-17)32-16-22(28)24-14-20-8-5-13-30-20/h2-13H,14-16H2,1H3,(H,24,28). The summed E-state index contributed by atoms with van der Waals surface area (Å²) in [5.74, 6) is 2.86. The molecular weight excluding hydrogens is 428 g/mol. The summed E-state index contributed by atoms with van der Waals surface area (Å²) in [7, 11) is 1.62. The lowest BCUT2D eigenvalue weighted by molar-refractivity contribution is -0.118. The highest BCUT2D eigenvalue weighted by molar-refractivity contribution is 7.99. The average molecular weight is 451 g/mol. The summed E-state index contributed by atoms with van der Waals surface area (Å²) >= 11 is 1.31. The van der Waals surface area contributed by atoms with Gasteiger partial charge in [0.1, 0.15) is 23.9 Å². The molecular formula is C23H22N4O4S. The van der Waals surface area contributed by atoms with Gasteiger partial charge in [-0.15, -0.1) is 10.2 Å². The number of thioether (sulfide) groups is 1. The van der Waals surface area contributed by atoms with E-state index in [1.54, 1.807) is 19.4 Å².